The molecule has 0 saturated carbocycles. The Bertz CT molecular complexity index is 664. The van der Waals surface area contributed by atoms with Crippen LogP contribution in [-0.4, -0.2) is 19.1 Å². The van der Waals surface area contributed by atoms with Crippen LogP contribution in [0.5, 0.6) is 0 Å². The highest BCUT2D eigenvalue weighted by molar-refractivity contribution is 5.45. The summed E-state index contributed by atoms with van der Waals surface area (Å²) < 4.78 is 4.23. The van der Waals surface area contributed by atoms with E-state index in [9.17, 15) is 0 Å². The standard InChI is InChI=1S/C17H20N4/c1-13-8-14(2)17(10-21-7-5-19-12-21)15(3)16(13)9-20-6-4-18-11-20/h4-8,11-12H,9-10H2,1-3H3. The molecule has 2 aromatic heterocycles. The van der Waals surface area contributed by atoms with E-state index in [1.165, 1.54) is 27.8 Å². The number of imidazole rings is 2. The fourth-order valence-corrected chi connectivity index (χ4v) is 2.88. The zero-order valence-electron chi connectivity index (χ0n) is 12.7. The molecule has 3 rings (SSSR count). The van der Waals surface area contributed by atoms with Gasteiger partial charge in [-0.3, -0.25) is 0 Å². The van der Waals surface area contributed by atoms with E-state index in [4.69, 9.17) is 0 Å². The molecule has 4 nitrogen and oxygen atoms in total. The molecule has 0 amide bonds. The smallest absolute Gasteiger partial charge is 0.0949 e. The van der Waals surface area contributed by atoms with Crippen molar-refractivity contribution >= 4 is 0 Å². The maximum atomic E-state index is 4.13. The van der Waals surface area contributed by atoms with Gasteiger partial charge in [0.1, 0.15) is 0 Å². The maximum absolute atomic E-state index is 4.13. The molecule has 2 heterocycles. The second-order valence-corrected chi connectivity index (χ2v) is 5.56. The van der Waals surface area contributed by atoms with Crippen LogP contribution >= 0.6 is 0 Å². The third-order valence-corrected chi connectivity index (χ3v) is 4.09. The van der Waals surface area contributed by atoms with E-state index >= 15 is 0 Å². The molecular weight excluding hydrogens is 260 g/mol. The Kier molecular flexibility index (Phi) is 3.60. The summed E-state index contributed by atoms with van der Waals surface area (Å²) in [5, 5.41) is 0. The summed E-state index contributed by atoms with van der Waals surface area (Å²) in [5.74, 6) is 0. The minimum absolute atomic E-state index is 0.870. The molecule has 1 aromatic carbocycles. The summed E-state index contributed by atoms with van der Waals surface area (Å²) in [5.41, 5.74) is 6.82. The molecule has 0 aliphatic carbocycles. The van der Waals surface area contributed by atoms with Crippen molar-refractivity contribution in [3.63, 3.8) is 0 Å². The van der Waals surface area contributed by atoms with Gasteiger partial charge in [0.15, 0.2) is 0 Å². The summed E-state index contributed by atoms with van der Waals surface area (Å²) >= 11 is 0. The third-order valence-electron chi connectivity index (χ3n) is 4.09. The predicted octanol–water partition coefficient (Wildman–Crippen LogP) is 3.10. The first-order valence-electron chi connectivity index (χ1n) is 7.15. The normalized spacial score (nSPS) is 11.0. The van der Waals surface area contributed by atoms with Crippen LogP contribution in [0.1, 0.15) is 27.8 Å². The molecule has 108 valence electrons. The van der Waals surface area contributed by atoms with Crippen LogP contribution in [0, 0.1) is 20.8 Å². The minimum atomic E-state index is 0.870. The first kappa shape index (κ1) is 13.6. The number of aromatic nitrogens is 4. The van der Waals surface area contributed by atoms with Crippen molar-refractivity contribution in [2.45, 2.75) is 33.9 Å². The van der Waals surface area contributed by atoms with Gasteiger partial charge in [0, 0.05) is 37.9 Å². The van der Waals surface area contributed by atoms with E-state index in [0.29, 0.717) is 0 Å². The van der Waals surface area contributed by atoms with Crippen LogP contribution in [-0.2, 0) is 13.1 Å². The van der Waals surface area contributed by atoms with Crippen LogP contribution in [0.15, 0.2) is 43.5 Å². The molecule has 0 N–H and O–H groups in total. The Morgan fingerprint density at radius 1 is 0.810 bits per heavy atom. The molecule has 0 bridgehead atoms. The van der Waals surface area contributed by atoms with Gasteiger partial charge in [-0.05, 0) is 48.6 Å². The molecule has 0 saturated heterocycles. The Hall–Kier alpha value is -2.36. The second kappa shape index (κ2) is 5.56. The van der Waals surface area contributed by atoms with E-state index in [-0.39, 0.29) is 0 Å². The van der Waals surface area contributed by atoms with E-state index in [0.717, 1.165) is 13.1 Å². The van der Waals surface area contributed by atoms with Crippen LogP contribution in [0.3, 0.4) is 0 Å². The van der Waals surface area contributed by atoms with Crippen LogP contribution in [0.4, 0.5) is 0 Å². The average molecular weight is 280 g/mol. The van der Waals surface area contributed by atoms with Gasteiger partial charge in [0.05, 0.1) is 12.7 Å². The number of rotatable bonds is 4. The second-order valence-electron chi connectivity index (χ2n) is 5.56. The highest BCUT2D eigenvalue weighted by Crippen LogP contribution is 2.24. The monoisotopic (exact) mass is 280 g/mol. The fourth-order valence-electron chi connectivity index (χ4n) is 2.88. The number of nitrogens with zero attached hydrogens (tertiary/aromatic N) is 4. The molecule has 21 heavy (non-hydrogen) atoms. The lowest BCUT2D eigenvalue weighted by molar-refractivity contribution is 0.760. The summed E-state index contributed by atoms with van der Waals surface area (Å²) in [7, 11) is 0. The lowest BCUT2D eigenvalue weighted by atomic mass is 9.93. The number of benzene rings is 1. The van der Waals surface area contributed by atoms with Gasteiger partial charge < -0.3 is 9.13 Å². The Labute approximate surface area is 125 Å². The van der Waals surface area contributed by atoms with Crippen LogP contribution < -0.4 is 0 Å². The van der Waals surface area contributed by atoms with Gasteiger partial charge in [-0.15, -0.1) is 0 Å². The van der Waals surface area contributed by atoms with E-state index in [2.05, 4.69) is 45.9 Å². The van der Waals surface area contributed by atoms with Crippen molar-refractivity contribution in [3.8, 4) is 0 Å². The molecule has 3 aromatic rings. The highest BCUT2D eigenvalue weighted by Gasteiger charge is 2.11. The van der Waals surface area contributed by atoms with Gasteiger partial charge >= 0.3 is 0 Å². The zero-order chi connectivity index (χ0) is 14.8. The largest absolute Gasteiger partial charge is 0.333 e. The molecule has 0 fully saturated rings. The first-order chi connectivity index (χ1) is 10.1. The molecular formula is C17H20N4. The number of hydrogen-bond acceptors (Lipinski definition) is 2. The molecule has 0 spiro atoms. The Morgan fingerprint density at radius 3 is 1.67 bits per heavy atom. The van der Waals surface area contributed by atoms with E-state index in [1.807, 2.05) is 37.4 Å². The van der Waals surface area contributed by atoms with Crippen molar-refractivity contribution in [2.75, 3.05) is 0 Å². The summed E-state index contributed by atoms with van der Waals surface area (Å²) in [6.45, 7) is 8.34. The SMILES string of the molecule is Cc1cc(C)c(Cn2ccnc2)c(C)c1Cn1ccnc1. The fraction of sp³-hybridized carbons (Fsp3) is 0.294. The maximum Gasteiger partial charge on any atom is 0.0949 e. The quantitative estimate of drug-likeness (QED) is 0.736. The Morgan fingerprint density at radius 2 is 1.29 bits per heavy atom. The molecule has 0 aliphatic rings. The molecule has 0 atom stereocenters. The molecule has 0 radical (unpaired) electrons. The Balaban J connectivity index is 2.00. The van der Waals surface area contributed by atoms with E-state index in [1.54, 1.807) is 0 Å². The van der Waals surface area contributed by atoms with Gasteiger partial charge in [0.2, 0.25) is 0 Å². The summed E-state index contributed by atoms with van der Waals surface area (Å²) in [6.07, 6.45) is 11.4. The zero-order valence-corrected chi connectivity index (χ0v) is 12.7. The summed E-state index contributed by atoms with van der Waals surface area (Å²) in [4.78, 5) is 8.26. The topological polar surface area (TPSA) is 35.6 Å². The van der Waals surface area contributed by atoms with Crippen molar-refractivity contribution in [1.29, 1.82) is 0 Å². The minimum Gasteiger partial charge on any atom is -0.333 e. The van der Waals surface area contributed by atoms with Crippen LogP contribution in [0.25, 0.3) is 0 Å². The van der Waals surface area contributed by atoms with Crippen molar-refractivity contribution in [3.05, 3.63) is 71.3 Å². The third kappa shape index (κ3) is 2.75. The summed E-state index contributed by atoms with van der Waals surface area (Å²) in [6, 6.07) is 2.28. The first-order valence-corrected chi connectivity index (χ1v) is 7.15. The van der Waals surface area contributed by atoms with Crippen LogP contribution in [0.2, 0.25) is 0 Å². The number of aryl methyl sites for hydroxylation is 2. The average Bonchev–Trinajstić information content (AvgIpc) is 3.13. The van der Waals surface area contributed by atoms with Gasteiger partial charge in [-0.25, -0.2) is 9.97 Å². The van der Waals surface area contributed by atoms with Crippen molar-refractivity contribution < 1.29 is 0 Å². The predicted molar refractivity (Wildman–Crippen MR) is 83.3 cm³/mol. The molecule has 4 heteroatoms. The van der Waals surface area contributed by atoms with Gasteiger partial charge in [-0.2, -0.15) is 0 Å². The molecule has 0 aliphatic heterocycles. The van der Waals surface area contributed by atoms with Gasteiger partial charge in [0.25, 0.3) is 0 Å². The highest BCUT2D eigenvalue weighted by atomic mass is 15.0. The lowest BCUT2D eigenvalue weighted by Gasteiger charge is -2.18. The van der Waals surface area contributed by atoms with Crippen molar-refractivity contribution in [2.24, 2.45) is 0 Å². The number of hydrogen-bond donors (Lipinski definition) is 0. The lowest BCUT2D eigenvalue weighted by Crippen LogP contribution is -2.08. The van der Waals surface area contributed by atoms with Gasteiger partial charge in [-0.1, -0.05) is 6.07 Å². The van der Waals surface area contributed by atoms with E-state index < -0.39 is 0 Å². The van der Waals surface area contributed by atoms with Crippen molar-refractivity contribution in [1.82, 2.24) is 19.1 Å². The molecule has 0 unspecified atom stereocenters.